The molecule has 1 aliphatic rings. The number of aliphatic hydroxyl groups excluding tert-OH is 4. The molecule has 0 saturated carbocycles. The van der Waals surface area contributed by atoms with Gasteiger partial charge in [0.05, 0.1) is 36.7 Å². The van der Waals surface area contributed by atoms with Gasteiger partial charge >= 0.3 is 0 Å². The van der Waals surface area contributed by atoms with Gasteiger partial charge in [-0.15, -0.1) is 0 Å². The van der Waals surface area contributed by atoms with Gasteiger partial charge in [-0.1, -0.05) is 11.6 Å². The van der Waals surface area contributed by atoms with Gasteiger partial charge in [-0.2, -0.15) is 0 Å². The fourth-order valence-electron chi connectivity index (χ4n) is 4.25. The van der Waals surface area contributed by atoms with Crippen LogP contribution < -0.4 is 20.7 Å². The number of halogens is 2. The van der Waals surface area contributed by atoms with Gasteiger partial charge in [0, 0.05) is 30.5 Å². The Morgan fingerprint density at radius 3 is 2.62 bits per heavy atom. The van der Waals surface area contributed by atoms with Gasteiger partial charge < -0.3 is 50.6 Å². The van der Waals surface area contributed by atoms with E-state index >= 15 is 0 Å². The van der Waals surface area contributed by atoms with Crippen LogP contribution in [0.25, 0.3) is 11.4 Å². The number of aliphatic hydroxyl groups is 4. The highest BCUT2D eigenvalue weighted by Gasteiger charge is 2.44. The summed E-state index contributed by atoms with van der Waals surface area (Å²) in [6.45, 7) is -0.815. The summed E-state index contributed by atoms with van der Waals surface area (Å²) in [5, 5.41) is 47.4. The van der Waals surface area contributed by atoms with Crippen LogP contribution >= 0.6 is 11.6 Å². The minimum absolute atomic E-state index is 0.0407. The van der Waals surface area contributed by atoms with E-state index in [9.17, 15) is 34.4 Å². The lowest BCUT2D eigenvalue weighted by atomic mass is 9.99. The van der Waals surface area contributed by atoms with E-state index in [0.29, 0.717) is 17.1 Å². The van der Waals surface area contributed by atoms with Crippen LogP contribution in [0.15, 0.2) is 42.9 Å². The van der Waals surface area contributed by atoms with Gasteiger partial charge in [0.25, 0.3) is 5.91 Å². The second-order valence-electron chi connectivity index (χ2n) is 9.75. The van der Waals surface area contributed by atoms with Crippen molar-refractivity contribution in [3.05, 3.63) is 59.3 Å². The molecule has 1 aromatic carbocycles. The van der Waals surface area contributed by atoms with E-state index in [2.05, 4.69) is 30.9 Å². The number of pyridine rings is 1. The number of nitrogens with one attached hydrogen (secondary N) is 3. The van der Waals surface area contributed by atoms with Gasteiger partial charge in [0.15, 0.2) is 23.7 Å². The standard InChI is InChI=1S/C28H32ClFN6O9/c1-43-19-11-34-25(15-9-14(29)3-4-17(15)30)36-26(19)35-18-5-8-31-10-16(18)27(42)33-7-2-6-32-21(38)13-44-28-24(41)23(40)22(39)20(12-37)45-28/h3-5,8-11,20,22-24,28,37,39-41H,2,6-7,12-13H2,1H3,(H,32,38)(H,33,42)(H,31,34,35,36)/t20-,22+,23+,24-,28+/m1/s1. The van der Waals surface area contributed by atoms with Crippen LogP contribution in [0.1, 0.15) is 16.8 Å². The number of ether oxygens (including phenoxy) is 3. The molecular formula is C28H32ClFN6O9. The fourth-order valence-corrected chi connectivity index (χ4v) is 4.42. The van der Waals surface area contributed by atoms with Crippen LogP contribution in [0.3, 0.4) is 0 Å². The van der Waals surface area contributed by atoms with Crippen molar-refractivity contribution in [1.82, 2.24) is 25.6 Å². The molecule has 3 aromatic rings. The zero-order valence-corrected chi connectivity index (χ0v) is 24.6. The van der Waals surface area contributed by atoms with Crippen LogP contribution in [0.4, 0.5) is 15.9 Å². The predicted molar refractivity (Wildman–Crippen MR) is 156 cm³/mol. The Bertz CT molecular complexity index is 1490. The molecule has 0 unspecified atom stereocenters. The molecule has 45 heavy (non-hydrogen) atoms. The highest BCUT2D eigenvalue weighted by molar-refractivity contribution is 6.30. The molecule has 7 N–H and O–H groups in total. The third-order valence-electron chi connectivity index (χ3n) is 6.65. The maximum atomic E-state index is 14.4. The maximum Gasteiger partial charge on any atom is 0.254 e. The minimum Gasteiger partial charge on any atom is -0.491 e. The Labute approximate surface area is 261 Å². The van der Waals surface area contributed by atoms with E-state index < -0.39 is 61.6 Å². The van der Waals surface area contributed by atoms with Crippen molar-refractivity contribution in [2.75, 3.05) is 38.7 Å². The second kappa shape index (κ2) is 15.8. The Hall–Kier alpha value is -4.03. The second-order valence-corrected chi connectivity index (χ2v) is 10.2. The van der Waals surface area contributed by atoms with Crippen molar-refractivity contribution in [2.24, 2.45) is 0 Å². The molecule has 1 aliphatic heterocycles. The number of benzene rings is 1. The number of rotatable bonds is 13. The van der Waals surface area contributed by atoms with E-state index in [0.717, 1.165) is 0 Å². The minimum atomic E-state index is -1.62. The summed E-state index contributed by atoms with van der Waals surface area (Å²) in [5.74, 6) is -1.17. The third-order valence-corrected chi connectivity index (χ3v) is 6.89. The lowest BCUT2D eigenvalue weighted by molar-refractivity contribution is -0.299. The first-order valence-electron chi connectivity index (χ1n) is 13.7. The molecule has 5 atom stereocenters. The molecule has 0 bridgehead atoms. The summed E-state index contributed by atoms with van der Waals surface area (Å²) in [6.07, 6.45) is -2.87. The van der Waals surface area contributed by atoms with Gasteiger partial charge in [-0.05, 0) is 30.7 Å². The SMILES string of the molecule is COc1cnc(-c2cc(Cl)ccc2F)nc1Nc1ccncc1C(=O)NCCCNC(=O)CO[C@H]1O[C@H](CO)[C@H](O)[C@H](O)[C@H]1O. The first-order chi connectivity index (χ1) is 21.6. The first kappa shape index (κ1) is 33.9. The average Bonchev–Trinajstić information content (AvgIpc) is 3.04. The number of nitrogens with zero attached hydrogens (tertiary/aromatic N) is 3. The lowest BCUT2D eigenvalue weighted by Crippen LogP contribution is -2.59. The molecular weight excluding hydrogens is 619 g/mol. The van der Waals surface area contributed by atoms with Crippen molar-refractivity contribution >= 4 is 34.9 Å². The molecule has 2 amide bonds. The van der Waals surface area contributed by atoms with Crippen LogP contribution in [0.5, 0.6) is 5.75 Å². The molecule has 1 fully saturated rings. The fraction of sp³-hybridized carbons (Fsp3) is 0.393. The summed E-state index contributed by atoms with van der Waals surface area (Å²) in [7, 11) is 1.41. The van der Waals surface area contributed by atoms with Crippen LogP contribution in [0, 0.1) is 5.82 Å². The average molecular weight is 651 g/mol. The Morgan fingerprint density at radius 1 is 1.09 bits per heavy atom. The van der Waals surface area contributed by atoms with Crippen molar-refractivity contribution < 1.29 is 48.6 Å². The van der Waals surface area contributed by atoms with Gasteiger partial charge in [-0.25, -0.2) is 14.4 Å². The Kier molecular flexibility index (Phi) is 11.9. The van der Waals surface area contributed by atoms with Crippen molar-refractivity contribution in [1.29, 1.82) is 0 Å². The quantitative estimate of drug-likeness (QED) is 0.123. The van der Waals surface area contributed by atoms with Crippen molar-refractivity contribution in [3.63, 3.8) is 0 Å². The van der Waals surface area contributed by atoms with Gasteiger partial charge in [0.2, 0.25) is 5.91 Å². The summed E-state index contributed by atoms with van der Waals surface area (Å²) in [6, 6.07) is 5.55. The van der Waals surface area contributed by atoms with Crippen LogP contribution in [-0.2, 0) is 14.3 Å². The molecule has 0 aliphatic carbocycles. The van der Waals surface area contributed by atoms with Crippen LogP contribution in [0.2, 0.25) is 5.02 Å². The number of anilines is 2. The number of hydrogen-bond donors (Lipinski definition) is 7. The summed E-state index contributed by atoms with van der Waals surface area (Å²) >= 11 is 6.02. The molecule has 2 aromatic heterocycles. The monoisotopic (exact) mass is 650 g/mol. The first-order valence-corrected chi connectivity index (χ1v) is 14.0. The van der Waals surface area contributed by atoms with Gasteiger partial charge in [-0.3, -0.25) is 14.6 Å². The van der Waals surface area contributed by atoms with E-state index in [1.165, 1.54) is 43.9 Å². The molecule has 0 radical (unpaired) electrons. The normalized spacial score (nSPS) is 21.2. The van der Waals surface area contributed by atoms with Crippen molar-refractivity contribution in [3.8, 4) is 17.1 Å². The number of carbonyl (C=O) groups excluding carboxylic acids is 2. The number of hydrogen-bond acceptors (Lipinski definition) is 13. The summed E-state index contributed by atoms with van der Waals surface area (Å²) in [5.41, 5.74) is 0.578. The number of aromatic nitrogens is 3. The van der Waals surface area contributed by atoms with Crippen LogP contribution in [-0.4, -0.2) is 111 Å². The largest absolute Gasteiger partial charge is 0.491 e. The number of methoxy groups -OCH3 is 1. The molecule has 242 valence electrons. The zero-order chi connectivity index (χ0) is 32.5. The van der Waals surface area contributed by atoms with Crippen molar-refractivity contribution in [2.45, 2.75) is 37.1 Å². The van der Waals surface area contributed by atoms with Gasteiger partial charge in [0.1, 0.15) is 36.8 Å². The highest BCUT2D eigenvalue weighted by atomic mass is 35.5. The number of carbonyl (C=O) groups is 2. The number of amides is 2. The molecule has 17 heteroatoms. The Balaban J connectivity index is 1.29. The zero-order valence-electron chi connectivity index (χ0n) is 23.9. The predicted octanol–water partition coefficient (Wildman–Crippen LogP) is 0.136. The molecule has 1 saturated heterocycles. The Morgan fingerprint density at radius 2 is 1.87 bits per heavy atom. The van der Waals surface area contributed by atoms with E-state index in [4.69, 9.17) is 25.8 Å². The molecule has 0 spiro atoms. The highest BCUT2D eigenvalue weighted by Crippen LogP contribution is 2.30. The topological polar surface area (TPSA) is 218 Å². The summed E-state index contributed by atoms with van der Waals surface area (Å²) < 4.78 is 30.2. The third kappa shape index (κ3) is 8.58. The lowest BCUT2D eigenvalue weighted by Gasteiger charge is -2.39. The maximum absolute atomic E-state index is 14.4. The van der Waals surface area contributed by atoms with E-state index in [-0.39, 0.29) is 41.6 Å². The smallest absolute Gasteiger partial charge is 0.254 e. The van der Waals surface area contributed by atoms with E-state index in [1.807, 2.05) is 0 Å². The van der Waals surface area contributed by atoms with E-state index in [1.54, 1.807) is 6.07 Å². The molecule has 3 heterocycles. The molecule has 15 nitrogen and oxygen atoms in total. The summed E-state index contributed by atoms with van der Waals surface area (Å²) in [4.78, 5) is 37.7. The molecule has 4 rings (SSSR count).